The maximum Gasteiger partial charge on any atom is 0.215 e. The molecular formula is C12H24N2O3S. The van der Waals surface area contributed by atoms with Crippen molar-refractivity contribution in [1.82, 2.24) is 9.62 Å². The highest BCUT2D eigenvalue weighted by atomic mass is 32.2. The van der Waals surface area contributed by atoms with E-state index in [1.54, 1.807) is 7.05 Å². The summed E-state index contributed by atoms with van der Waals surface area (Å²) in [6.45, 7) is 1.82. The van der Waals surface area contributed by atoms with Gasteiger partial charge in [-0.15, -0.1) is 0 Å². The molecule has 0 spiro atoms. The lowest BCUT2D eigenvalue weighted by atomic mass is 10.1. The Bertz CT molecular complexity index is 348. The number of ether oxygens (including phenoxy) is 1. The van der Waals surface area contributed by atoms with Crippen LogP contribution in [-0.2, 0) is 14.8 Å². The summed E-state index contributed by atoms with van der Waals surface area (Å²) in [4.78, 5) is 0. The van der Waals surface area contributed by atoms with Gasteiger partial charge in [0.05, 0.1) is 11.9 Å². The molecule has 2 fully saturated rings. The summed E-state index contributed by atoms with van der Waals surface area (Å²) in [6, 6.07) is 0.562. The third-order valence-electron chi connectivity index (χ3n) is 3.58. The number of rotatable bonds is 7. The smallest absolute Gasteiger partial charge is 0.215 e. The van der Waals surface area contributed by atoms with Crippen molar-refractivity contribution in [2.45, 2.75) is 44.2 Å². The van der Waals surface area contributed by atoms with Crippen LogP contribution in [0.4, 0.5) is 0 Å². The number of hydrogen-bond acceptors (Lipinski definition) is 4. The molecule has 1 atom stereocenters. The molecule has 2 rings (SSSR count). The SMILES string of the molecule is CN(CC1CCCCO1)S(=O)(=O)CCNC1CC1. The Morgan fingerprint density at radius 2 is 2.06 bits per heavy atom. The Balaban J connectivity index is 1.72. The van der Waals surface area contributed by atoms with Crippen molar-refractivity contribution in [3.05, 3.63) is 0 Å². The molecule has 1 aliphatic heterocycles. The van der Waals surface area contributed by atoms with E-state index in [4.69, 9.17) is 4.74 Å². The fourth-order valence-corrected chi connectivity index (χ4v) is 3.27. The molecule has 5 nitrogen and oxygen atoms in total. The minimum absolute atomic E-state index is 0.0786. The molecule has 0 bridgehead atoms. The predicted molar refractivity (Wildman–Crippen MR) is 71.0 cm³/mol. The highest BCUT2D eigenvalue weighted by Crippen LogP contribution is 2.18. The highest BCUT2D eigenvalue weighted by molar-refractivity contribution is 7.89. The first-order valence-electron chi connectivity index (χ1n) is 6.87. The van der Waals surface area contributed by atoms with Crippen molar-refractivity contribution in [2.75, 3.05) is 32.5 Å². The van der Waals surface area contributed by atoms with E-state index in [9.17, 15) is 8.42 Å². The Morgan fingerprint density at radius 1 is 1.28 bits per heavy atom. The van der Waals surface area contributed by atoms with Crippen molar-refractivity contribution >= 4 is 10.0 Å². The van der Waals surface area contributed by atoms with Crippen LogP contribution in [0.3, 0.4) is 0 Å². The van der Waals surface area contributed by atoms with Crippen LogP contribution < -0.4 is 5.32 Å². The summed E-state index contributed by atoms with van der Waals surface area (Å²) in [5.41, 5.74) is 0. The number of hydrogen-bond donors (Lipinski definition) is 1. The second kappa shape index (κ2) is 6.32. The summed E-state index contributed by atoms with van der Waals surface area (Å²) < 4.78 is 31.1. The fourth-order valence-electron chi connectivity index (χ4n) is 2.19. The third kappa shape index (κ3) is 4.50. The minimum Gasteiger partial charge on any atom is -0.377 e. The van der Waals surface area contributed by atoms with Gasteiger partial charge in [0, 0.05) is 32.8 Å². The normalized spacial score (nSPS) is 25.6. The molecule has 1 saturated carbocycles. The van der Waals surface area contributed by atoms with Gasteiger partial charge in [-0.2, -0.15) is 0 Å². The monoisotopic (exact) mass is 276 g/mol. The molecule has 0 radical (unpaired) electrons. The molecule has 18 heavy (non-hydrogen) atoms. The van der Waals surface area contributed by atoms with E-state index in [0.29, 0.717) is 19.1 Å². The Kier molecular flexibility index (Phi) is 5.00. The molecule has 6 heteroatoms. The summed E-state index contributed by atoms with van der Waals surface area (Å²) >= 11 is 0. The van der Waals surface area contributed by atoms with Crippen LogP contribution in [0.25, 0.3) is 0 Å². The first-order chi connectivity index (χ1) is 8.58. The van der Waals surface area contributed by atoms with Gasteiger partial charge < -0.3 is 10.1 Å². The van der Waals surface area contributed by atoms with Crippen LogP contribution in [0, 0.1) is 0 Å². The zero-order valence-electron chi connectivity index (χ0n) is 11.1. The molecule has 1 aliphatic carbocycles. The second-order valence-corrected chi connectivity index (χ2v) is 7.51. The van der Waals surface area contributed by atoms with Gasteiger partial charge in [0.15, 0.2) is 0 Å². The first kappa shape index (κ1) is 14.2. The minimum atomic E-state index is -3.14. The zero-order chi connectivity index (χ0) is 13.0. The lowest BCUT2D eigenvalue weighted by Crippen LogP contribution is -2.40. The maximum absolute atomic E-state index is 12.0. The Morgan fingerprint density at radius 3 is 2.67 bits per heavy atom. The third-order valence-corrected chi connectivity index (χ3v) is 5.40. The molecule has 0 amide bonds. The van der Waals surface area contributed by atoms with E-state index in [1.165, 1.54) is 17.1 Å². The van der Waals surface area contributed by atoms with Crippen LogP contribution in [0.2, 0.25) is 0 Å². The highest BCUT2D eigenvalue weighted by Gasteiger charge is 2.25. The quantitative estimate of drug-likeness (QED) is 0.738. The molecule has 0 aromatic rings. The van der Waals surface area contributed by atoms with Gasteiger partial charge >= 0.3 is 0 Å². The van der Waals surface area contributed by atoms with Gasteiger partial charge in [0.1, 0.15) is 0 Å². The molecule has 2 aliphatic rings. The van der Waals surface area contributed by atoms with E-state index in [1.807, 2.05) is 0 Å². The van der Waals surface area contributed by atoms with Gasteiger partial charge in [-0.25, -0.2) is 12.7 Å². The summed E-state index contributed by atoms with van der Waals surface area (Å²) in [5.74, 6) is 0.187. The van der Waals surface area contributed by atoms with Gasteiger partial charge in [-0.05, 0) is 32.1 Å². The Hall–Kier alpha value is -0.170. The largest absolute Gasteiger partial charge is 0.377 e. The molecule has 106 valence electrons. The van der Waals surface area contributed by atoms with Crippen molar-refractivity contribution < 1.29 is 13.2 Å². The number of likely N-dealkylation sites (N-methyl/N-ethyl adjacent to an activating group) is 1. The second-order valence-electron chi connectivity index (χ2n) is 5.31. The van der Waals surface area contributed by atoms with E-state index >= 15 is 0 Å². The molecule has 1 saturated heterocycles. The van der Waals surface area contributed by atoms with E-state index < -0.39 is 10.0 Å². The lowest BCUT2D eigenvalue weighted by Gasteiger charge is -2.27. The van der Waals surface area contributed by atoms with Gasteiger partial charge in [0.2, 0.25) is 10.0 Å². The fraction of sp³-hybridized carbons (Fsp3) is 1.00. The zero-order valence-corrected chi connectivity index (χ0v) is 11.9. The van der Waals surface area contributed by atoms with Crippen LogP contribution in [0.1, 0.15) is 32.1 Å². The van der Waals surface area contributed by atoms with Crippen molar-refractivity contribution in [1.29, 1.82) is 0 Å². The van der Waals surface area contributed by atoms with E-state index in [2.05, 4.69) is 5.32 Å². The average molecular weight is 276 g/mol. The van der Waals surface area contributed by atoms with Crippen LogP contribution >= 0.6 is 0 Å². The standard InChI is InChI=1S/C12H24N2O3S/c1-14(10-12-4-2-3-8-17-12)18(15,16)9-7-13-11-5-6-11/h11-13H,2-10H2,1H3. The van der Waals surface area contributed by atoms with Gasteiger partial charge in [0.25, 0.3) is 0 Å². The van der Waals surface area contributed by atoms with Gasteiger partial charge in [-0.3, -0.25) is 0 Å². The number of nitrogens with one attached hydrogen (secondary N) is 1. The summed E-state index contributed by atoms with van der Waals surface area (Å²) in [7, 11) is -1.48. The lowest BCUT2D eigenvalue weighted by molar-refractivity contribution is 0.00859. The van der Waals surface area contributed by atoms with Crippen molar-refractivity contribution in [3.8, 4) is 0 Å². The summed E-state index contributed by atoms with van der Waals surface area (Å²) in [5, 5.41) is 3.23. The predicted octanol–water partition coefficient (Wildman–Crippen LogP) is 0.569. The first-order valence-corrected chi connectivity index (χ1v) is 8.48. The van der Waals surface area contributed by atoms with Gasteiger partial charge in [-0.1, -0.05) is 0 Å². The molecule has 0 aromatic heterocycles. The topological polar surface area (TPSA) is 58.6 Å². The maximum atomic E-state index is 12.0. The van der Waals surface area contributed by atoms with Crippen LogP contribution in [-0.4, -0.2) is 57.4 Å². The van der Waals surface area contributed by atoms with E-state index in [-0.39, 0.29) is 11.9 Å². The van der Waals surface area contributed by atoms with E-state index in [0.717, 1.165) is 25.9 Å². The molecular weight excluding hydrogens is 252 g/mol. The average Bonchev–Trinajstić information content (AvgIpc) is 3.14. The number of sulfonamides is 1. The van der Waals surface area contributed by atoms with Crippen molar-refractivity contribution in [3.63, 3.8) is 0 Å². The Labute approximate surface area is 110 Å². The molecule has 1 N–H and O–H groups in total. The number of nitrogens with zero attached hydrogens (tertiary/aromatic N) is 1. The van der Waals surface area contributed by atoms with Crippen molar-refractivity contribution in [2.24, 2.45) is 0 Å². The molecule has 1 unspecified atom stereocenters. The molecule has 1 heterocycles. The van der Waals surface area contributed by atoms with Crippen LogP contribution in [0.5, 0.6) is 0 Å². The van der Waals surface area contributed by atoms with Crippen LogP contribution in [0.15, 0.2) is 0 Å². The molecule has 0 aromatic carbocycles. The summed E-state index contributed by atoms with van der Waals surface area (Å²) in [6.07, 6.45) is 5.66.